The third-order valence-corrected chi connectivity index (χ3v) is 2.72. The van der Waals surface area contributed by atoms with E-state index in [9.17, 15) is 0 Å². The molecule has 0 spiro atoms. The van der Waals surface area contributed by atoms with Gasteiger partial charge in [-0.25, -0.2) is 0 Å². The fourth-order valence-corrected chi connectivity index (χ4v) is 1.60. The highest BCUT2D eigenvalue weighted by Gasteiger charge is 2.08. The third-order valence-electron chi connectivity index (χ3n) is 2.72. The Morgan fingerprint density at radius 1 is 1.00 bits per heavy atom. The van der Waals surface area contributed by atoms with Crippen molar-refractivity contribution in [2.24, 2.45) is 0 Å². The molecular weight excluding hydrogens is 268 g/mol. The molecule has 1 N–H and O–H groups in total. The molecule has 0 aliphatic heterocycles. The van der Waals surface area contributed by atoms with E-state index >= 15 is 0 Å². The number of hydrogen-bond acceptors (Lipinski definition) is 5. The Morgan fingerprint density at radius 2 is 1.67 bits per heavy atom. The molecule has 5 heteroatoms. The van der Waals surface area contributed by atoms with Crippen LogP contribution in [0.1, 0.15) is 32.2 Å². The van der Waals surface area contributed by atoms with Crippen molar-refractivity contribution in [3.8, 4) is 0 Å². The Morgan fingerprint density at radius 3 is 2.38 bits per heavy atom. The van der Waals surface area contributed by atoms with E-state index in [0.717, 1.165) is 17.9 Å². The highest BCUT2D eigenvalue weighted by Crippen LogP contribution is 2.04. The maximum atomic E-state index is 5.55. The molecule has 1 heterocycles. The van der Waals surface area contributed by atoms with E-state index in [-0.39, 0.29) is 5.54 Å². The highest BCUT2D eigenvalue weighted by molar-refractivity contribution is 5.10. The molecule has 120 valence electrons. The van der Waals surface area contributed by atoms with Crippen LogP contribution >= 0.6 is 0 Å². The summed E-state index contributed by atoms with van der Waals surface area (Å²) in [6.45, 7) is 10.1. The fourth-order valence-electron chi connectivity index (χ4n) is 1.60. The van der Waals surface area contributed by atoms with Gasteiger partial charge >= 0.3 is 0 Å². The van der Waals surface area contributed by atoms with Crippen molar-refractivity contribution in [1.29, 1.82) is 0 Å². The van der Waals surface area contributed by atoms with Crippen molar-refractivity contribution >= 4 is 0 Å². The topological polar surface area (TPSA) is 52.6 Å². The molecule has 0 aromatic carbocycles. The summed E-state index contributed by atoms with van der Waals surface area (Å²) in [6, 6.07) is 6.02. The summed E-state index contributed by atoms with van der Waals surface area (Å²) < 4.78 is 15.8. The van der Waals surface area contributed by atoms with Gasteiger partial charge in [0.25, 0.3) is 0 Å². The van der Waals surface area contributed by atoms with Crippen LogP contribution in [0, 0.1) is 0 Å². The number of nitrogens with zero attached hydrogens (tertiary/aromatic N) is 1. The predicted molar refractivity (Wildman–Crippen MR) is 83.2 cm³/mol. The van der Waals surface area contributed by atoms with E-state index in [0.29, 0.717) is 33.0 Å². The third kappa shape index (κ3) is 9.52. The first kappa shape index (κ1) is 18.0. The van der Waals surface area contributed by atoms with Crippen LogP contribution < -0.4 is 5.32 Å². The molecular formula is C16H28N2O3. The Balaban J connectivity index is 2.23. The van der Waals surface area contributed by atoms with Gasteiger partial charge in [0.05, 0.1) is 44.4 Å². The van der Waals surface area contributed by atoms with Crippen LogP contribution in [0.15, 0.2) is 18.2 Å². The predicted octanol–water partition coefficient (Wildman–Crippen LogP) is 2.15. The van der Waals surface area contributed by atoms with Gasteiger partial charge in [0, 0.05) is 19.2 Å². The number of pyridine rings is 1. The van der Waals surface area contributed by atoms with Crippen molar-refractivity contribution in [1.82, 2.24) is 10.3 Å². The number of methoxy groups -OCH3 is 1. The van der Waals surface area contributed by atoms with Crippen LogP contribution in [0.5, 0.6) is 0 Å². The zero-order valence-corrected chi connectivity index (χ0v) is 13.6. The van der Waals surface area contributed by atoms with E-state index in [1.54, 1.807) is 7.11 Å². The molecule has 0 unspecified atom stereocenters. The smallest absolute Gasteiger partial charge is 0.0889 e. The molecule has 0 amide bonds. The van der Waals surface area contributed by atoms with Crippen molar-refractivity contribution in [2.45, 2.75) is 39.5 Å². The lowest BCUT2D eigenvalue weighted by Crippen LogP contribution is -2.35. The van der Waals surface area contributed by atoms with Crippen LogP contribution in [0.3, 0.4) is 0 Å². The van der Waals surface area contributed by atoms with Crippen molar-refractivity contribution in [2.75, 3.05) is 33.5 Å². The van der Waals surface area contributed by atoms with Gasteiger partial charge in [-0.3, -0.25) is 4.98 Å². The summed E-state index contributed by atoms with van der Waals surface area (Å²) in [5, 5.41) is 3.43. The first-order valence-electron chi connectivity index (χ1n) is 7.35. The zero-order chi connectivity index (χ0) is 15.6. The number of hydrogen-bond donors (Lipinski definition) is 1. The minimum atomic E-state index is 0.0910. The molecule has 0 radical (unpaired) electrons. The van der Waals surface area contributed by atoms with E-state index in [1.165, 1.54) is 0 Å². The normalized spacial score (nSPS) is 11.8. The zero-order valence-electron chi connectivity index (χ0n) is 13.6. The minimum Gasteiger partial charge on any atom is -0.382 e. The fraction of sp³-hybridized carbons (Fsp3) is 0.688. The molecule has 1 aromatic rings. The van der Waals surface area contributed by atoms with E-state index < -0.39 is 0 Å². The van der Waals surface area contributed by atoms with Gasteiger partial charge in [-0.1, -0.05) is 6.07 Å². The largest absolute Gasteiger partial charge is 0.382 e. The maximum absolute atomic E-state index is 5.55. The second-order valence-electron chi connectivity index (χ2n) is 5.88. The monoisotopic (exact) mass is 296 g/mol. The first-order chi connectivity index (χ1) is 10.0. The molecule has 0 bridgehead atoms. The number of rotatable bonds is 10. The van der Waals surface area contributed by atoms with Gasteiger partial charge in [0.2, 0.25) is 0 Å². The lowest BCUT2D eigenvalue weighted by atomic mass is 10.1. The van der Waals surface area contributed by atoms with Crippen LogP contribution in [-0.2, 0) is 27.4 Å². The molecule has 0 saturated heterocycles. The lowest BCUT2D eigenvalue weighted by Gasteiger charge is -2.20. The molecule has 1 aromatic heterocycles. The van der Waals surface area contributed by atoms with E-state index in [1.807, 2.05) is 18.2 Å². The number of aromatic nitrogens is 1. The number of ether oxygens (including phenoxy) is 3. The molecule has 1 rings (SSSR count). The summed E-state index contributed by atoms with van der Waals surface area (Å²) in [5.41, 5.74) is 2.07. The molecule has 0 atom stereocenters. The van der Waals surface area contributed by atoms with Crippen molar-refractivity contribution < 1.29 is 14.2 Å². The van der Waals surface area contributed by atoms with Crippen LogP contribution in [0.4, 0.5) is 0 Å². The summed E-state index contributed by atoms with van der Waals surface area (Å²) in [6.07, 6.45) is 0. The standard InChI is InChI=1S/C16H28N2O3/c1-16(2,3)17-12-14-6-5-7-15(18-14)13-21-11-10-20-9-8-19-4/h5-7,17H,8-13H2,1-4H3. The van der Waals surface area contributed by atoms with Gasteiger partial charge in [-0.2, -0.15) is 0 Å². The van der Waals surface area contributed by atoms with Gasteiger partial charge in [0.1, 0.15) is 0 Å². The first-order valence-corrected chi connectivity index (χ1v) is 7.35. The summed E-state index contributed by atoms with van der Waals surface area (Å²) >= 11 is 0. The average Bonchev–Trinajstić information content (AvgIpc) is 2.44. The average molecular weight is 296 g/mol. The Bertz CT molecular complexity index is 391. The van der Waals surface area contributed by atoms with Gasteiger partial charge in [0.15, 0.2) is 0 Å². The SMILES string of the molecule is COCCOCCOCc1cccc(CNC(C)(C)C)n1. The lowest BCUT2D eigenvalue weighted by molar-refractivity contribution is 0.0192. The van der Waals surface area contributed by atoms with Gasteiger partial charge in [-0.15, -0.1) is 0 Å². The summed E-state index contributed by atoms with van der Waals surface area (Å²) in [7, 11) is 1.66. The van der Waals surface area contributed by atoms with E-state index in [2.05, 4.69) is 31.1 Å². The summed E-state index contributed by atoms with van der Waals surface area (Å²) in [4.78, 5) is 4.57. The second kappa shape index (κ2) is 9.84. The molecule has 21 heavy (non-hydrogen) atoms. The molecule has 5 nitrogen and oxygen atoms in total. The molecule has 0 saturated carbocycles. The van der Waals surface area contributed by atoms with Gasteiger partial charge in [-0.05, 0) is 32.9 Å². The van der Waals surface area contributed by atoms with E-state index in [4.69, 9.17) is 14.2 Å². The molecule has 0 aliphatic rings. The van der Waals surface area contributed by atoms with Gasteiger partial charge < -0.3 is 19.5 Å². The summed E-state index contributed by atoms with van der Waals surface area (Å²) in [5.74, 6) is 0. The Labute approximate surface area is 128 Å². The minimum absolute atomic E-state index is 0.0910. The Kier molecular flexibility index (Phi) is 8.45. The molecule has 0 aliphatic carbocycles. The highest BCUT2D eigenvalue weighted by atomic mass is 16.5. The maximum Gasteiger partial charge on any atom is 0.0889 e. The Hall–Kier alpha value is -1.01. The van der Waals surface area contributed by atoms with Crippen molar-refractivity contribution in [3.63, 3.8) is 0 Å². The molecule has 0 fully saturated rings. The van der Waals surface area contributed by atoms with Crippen LogP contribution in [0.25, 0.3) is 0 Å². The number of nitrogens with one attached hydrogen (secondary N) is 1. The second-order valence-corrected chi connectivity index (χ2v) is 5.88. The quantitative estimate of drug-likeness (QED) is 0.671. The van der Waals surface area contributed by atoms with Crippen LogP contribution in [0.2, 0.25) is 0 Å². The van der Waals surface area contributed by atoms with Crippen LogP contribution in [-0.4, -0.2) is 44.1 Å². The van der Waals surface area contributed by atoms with Crippen molar-refractivity contribution in [3.05, 3.63) is 29.6 Å².